The van der Waals surface area contributed by atoms with E-state index in [2.05, 4.69) is 10.0 Å². The second-order valence-electron chi connectivity index (χ2n) is 7.03. The molecule has 2 aromatic carbocycles. The van der Waals surface area contributed by atoms with Gasteiger partial charge in [0.25, 0.3) is 15.9 Å². The van der Waals surface area contributed by atoms with Gasteiger partial charge in [-0.05, 0) is 56.2 Å². The summed E-state index contributed by atoms with van der Waals surface area (Å²) >= 11 is 1.94. The van der Waals surface area contributed by atoms with Gasteiger partial charge in [-0.2, -0.15) is 11.8 Å². The highest BCUT2D eigenvalue weighted by Gasteiger charge is 2.16. The summed E-state index contributed by atoms with van der Waals surface area (Å²) < 4.78 is 27.4. The van der Waals surface area contributed by atoms with Crippen LogP contribution in [-0.4, -0.2) is 31.9 Å². The zero-order valence-corrected chi connectivity index (χ0v) is 17.6. The fraction of sp³-hybridized carbons (Fsp3) is 0.381. The SMILES string of the molecule is Cc1ccc(S(=O)(=O)Nc2ccc(C(=O)NCCSC3CCCC3)cc2)cc1. The van der Waals surface area contributed by atoms with E-state index in [0.717, 1.165) is 16.6 Å². The topological polar surface area (TPSA) is 75.3 Å². The van der Waals surface area contributed by atoms with Gasteiger partial charge in [-0.15, -0.1) is 0 Å². The molecule has 1 aliphatic carbocycles. The molecule has 0 atom stereocenters. The number of carbonyl (C=O) groups is 1. The summed E-state index contributed by atoms with van der Waals surface area (Å²) in [5, 5.41) is 3.67. The first-order valence-corrected chi connectivity index (χ1v) is 12.1. The van der Waals surface area contributed by atoms with E-state index in [1.165, 1.54) is 25.7 Å². The fourth-order valence-electron chi connectivity index (χ4n) is 3.17. The molecule has 0 spiro atoms. The number of benzene rings is 2. The molecular formula is C21H26N2O3S2. The third kappa shape index (κ3) is 5.75. The first-order valence-electron chi connectivity index (χ1n) is 9.53. The van der Waals surface area contributed by atoms with Crippen LogP contribution >= 0.6 is 11.8 Å². The number of anilines is 1. The lowest BCUT2D eigenvalue weighted by Gasteiger charge is -2.10. The van der Waals surface area contributed by atoms with Crippen molar-refractivity contribution < 1.29 is 13.2 Å². The molecule has 3 rings (SSSR count). The lowest BCUT2D eigenvalue weighted by Crippen LogP contribution is -2.26. The molecule has 2 N–H and O–H groups in total. The van der Waals surface area contributed by atoms with E-state index in [0.29, 0.717) is 17.8 Å². The van der Waals surface area contributed by atoms with Crippen LogP contribution in [0.4, 0.5) is 5.69 Å². The smallest absolute Gasteiger partial charge is 0.261 e. The molecule has 0 radical (unpaired) electrons. The van der Waals surface area contributed by atoms with Gasteiger partial charge in [-0.1, -0.05) is 30.5 Å². The predicted octanol–water partition coefficient (Wildman–Crippen LogP) is 4.20. The maximum absolute atomic E-state index is 12.4. The molecule has 5 nitrogen and oxygen atoms in total. The lowest BCUT2D eigenvalue weighted by molar-refractivity contribution is 0.0956. The van der Waals surface area contributed by atoms with Crippen molar-refractivity contribution >= 4 is 33.4 Å². The van der Waals surface area contributed by atoms with Crippen molar-refractivity contribution in [1.29, 1.82) is 0 Å². The maximum atomic E-state index is 12.4. The first-order chi connectivity index (χ1) is 13.4. The van der Waals surface area contributed by atoms with Crippen molar-refractivity contribution in [2.45, 2.75) is 42.8 Å². The number of amides is 1. The maximum Gasteiger partial charge on any atom is 0.261 e. The number of hydrogen-bond acceptors (Lipinski definition) is 4. The first kappa shape index (κ1) is 20.7. The Morgan fingerprint density at radius 1 is 1.04 bits per heavy atom. The Balaban J connectivity index is 1.51. The molecule has 0 bridgehead atoms. The lowest BCUT2D eigenvalue weighted by atomic mass is 10.2. The summed E-state index contributed by atoms with van der Waals surface area (Å²) in [7, 11) is -3.64. The minimum atomic E-state index is -3.64. The molecule has 1 fully saturated rings. The molecule has 0 unspecified atom stereocenters. The van der Waals surface area contributed by atoms with Crippen LogP contribution in [-0.2, 0) is 10.0 Å². The molecule has 0 heterocycles. The number of carbonyl (C=O) groups excluding carboxylic acids is 1. The molecule has 1 amide bonds. The second-order valence-corrected chi connectivity index (χ2v) is 10.1. The molecule has 150 valence electrons. The third-order valence-corrected chi connectivity index (χ3v) is 7.55. The van der Waals surface area contributed by atoms with Crippen molar-refractivity contribution in [2.24, 2.45) is 0 Å². The van der Waals surface area contributed by atoms with E-state index < -0.39 is 10.0 Å². The van der Waals surface area contributed by atoms with E-state index in [-0.39, 0.29) is 10.8 Å². The van der Waals surface area contributed by atoms with Gasteiger partial charge in [-0.3, -0.25) is 9.52 Å². The van der Waals surface area contributed by atoms with E-state index >= 15 is 0 Å². The highest BCUT2D eigenvalue weighted by molar-refractivity contribution is 7.99. The molecule has 1 saturated carbocycles. The molecule has 28 heavy (non-hydrogen) atoms. The fourth-order valence-corrected chi connectivity index (χ4v) is 5.45. The minimum absolute atomic E-state index is 0.139. The number of aryl methyl sites for hydroxylation is 1. The number of nitrogens with one attached hydrogen (secondary N) is 2. The minimum Gasteiger partial charge on any atom is -0.351 e. The van der Waals surface area contributed by atoms with Gasteiger partial charge in [0.15, 0.2) is 0 Å². The molecular weight excluding hydrogens is 392 g/mol. The Kier molecular flexibility index (Phi) is 7.02. The second kappa shape index (κ2) is 9.47. The van der Waals surface area contributed by atoms with Crippen LogP contribution in [0.15, 0.2) is 53.4 Å². The number of rotatable bonds is 8. The van der Waals surface area contributed by atoms with Gasteiger partial charge in [-0.25, -0.2) is 8.42 Å². The van der Waals surface area contributed by atoms with E-state index in [4.69, 9.17) is 0 Å². The summed E-state index contributed by atoms with van der Waals surface area (Å²) in [6.45, 7) is 2.54. The third-order valence-electron chi connectivity index (χ3n) is 4.77. The predicted molar refractivity (Wildman–Crippen MR) is 115 cm³/mol. The highest BCUT2D eigenvalue weighted by Crippen LogP contribution is 2.28. The zero-order chi connectivity index (χ0) is 20.0. The largest absolute Gasteiger partial charge is 0.351 e. The number of sulfonamides is 1. The van der Waals surface area contributed by atoms with Crippen molar-refractivity contribution in [2.75, 3.05) is 17.0 Å². The van der Waals surface area contributed by atoms with Crippen LogP contribution in [0.5, 0.6) is 0 Å². The van der Waals surface area contributed by atoms with Crippen LogP contribution in [0.1, 0.15) is 41.6 Å². The summed E-state index contributed by atoms with van der Waals surface area (Å²) in [4.78, 5) is 12.4. The van der Waals surface area contributed by atoms with Gasteiger partial charge in [0.2, 0.25) is 0 Å². The van der Waals surface area contributed by atoms with Crippen LogP contribution in [0.2, 0.25) is 0 Å². The Morgan fingerprint density at radius 3 is 2.32 bits per heavy atom. The molecule has 0 aliphatic heterocycles. The Labute approximate surface area is 171 Å². The van der Waals surface area contributed by atoms with Gasteiger partial charge < -0.3 is 5.32 Å². The molecule has 1 aliphatic rings. The number of hydrogen-bond donors (Lipinski definition) is 2. The average Bonchev–Trinajstić information content (AvgIpc) is 3.19. The van der Waals surface area contributed by atoms with E-state index in [9.17, 15) is 13.2 Å². The molecule has 2 aromatic rings. The normalized spacial score (nSPS) is 14.8. The van der Waals surface area contributed by atoms with E-state index in [1.807, 2.05) is 18.7 Å². The Bertz CT molecular complexity index is 888. The van der Waals surface area contributed by atoms with Crippen LogP contribution in [0.25, 0.3) is 0 Å². The van der Waals surface area contributed by atoms with Crippen LogP contribution in [0, 0.1) is 6.92 Å². The van der Waals surface area contributed by atoms with Gasteiger partial charge in [0.05, 0.1) is 4.90 Å². The van der Waals surface area contributed by atoms with Crippen LogP contribution in [0.3, 0.4) is 0 Å². The Hall–Kier alpha value is -1.99. The van der Waals surface area contributed by atoms with Gasteiger partial charge in [0, 0.05) is 28.8 Å². The standard InChI is InChI=1S/C21H26N2O3S2/c1-16-6-12-20(13-7-16)28(25,26)23-18-10-8-17(9-11-18)21(24)22-14-15-27-19-4-2-3-5-19/h6-13,19,23H,2-5,14-15H2,1H3,(H,22,24). The summed E-state index contributed by atoms with van der Waals surface area (Å²) in [5.41, 5.74) is 1.94. The Morgan fingerprint density at radius 2 is 1.68 bits per heavy atom. The zero-order valence-electron chi connectivity index (χ0n) is 16.0. The number of thioether (sulfide) groups is 1. The molecule has 0 aromatic heterocycles. The van der Waals surface area contributed by atoms with Gasteiger partial charge in [0.1, 0.15) is 0 Å². The van der Waals surface area contributed by atoms with Crippen molar-refractivity contribution in [1.82, 2.24) is 5.32 Å². The summed E-state index contributed by atoms with van der Waals surface area (Å²) in [6, 6.07) is 13.1. The van der Waals surface area contributed by atoms with Gasteiger partial charge >= 0.3 is 0 Å². The summed E-state index contributed by atoms with van der Waals surface area (Å²) in [5.74, 6) is 0.783. The molecule has 0 saturated heterocycles. The van der Waals surface area contributed by atoms with Crippen LogP contribution < -0.4 is 10.0 Å². The monoisotopic (exact) mass is 418 g/mol. The van der Waals surface area contributed by atoms with Crippen molar-refractivity contribution in [3.63, 3.8) is 0 Å². The quantitative estimate of drug-likeness (QED) is 0.630. The van der Waals surface area contributed by atoms with Crippen molar-refractivity contribution in [3.8, 4) is 0 Å². The van der Waals surface area contributed by atoms with Crippen molar-refractivity contribution in [3.05, 3.63) is 59.7 Å². The highest BCUT2D eigenvalue weighted by atomic mass is 32.2. The molecule has 7 heteroatoms. The van der Waals surface area contributed by atoms with E-state index in [1.54, 1.807) is 48.5 Å². The summed E-state index contributed by atoms with van der Waals surface area (Å²) in [6.07, 6.45) is 5.23. The average molecular weight is 419 g/mol.